The molecule has 108 valence electrons. The van der Waals surface area contributed by atoms with Crippen molar-refractivity contribution in [3.8, 4) is 5.75 Å². The molecule has 0 spiro atoms. The molecule has 2 aromatic rings. The van der Waals surface area contributed by atoms with Gasteiger partial charge in [-0.25, -0.2) is 9.37 Å². The van der Waals surface area contributed by atoms with Gasteiger partial charge in [-0.15, -0.1) is 11.3 Å². The molecule has 0 aliphatic carbocycles. The smallest absolute Gasteiger partial charge is 0.183 e. The zero-order valence-electron chi connectivity index (χ0n) is 11.3. The van der Waals surface area contributed by atoms with Crippen molar-refractivity contribution in [2.24, 2.45) is 0 Å². The fourth-order valence-corrected chi connectivity index (χ4v) is 2.43. The van der Waals surface area contributed by atoms with Gasteiger partial charge in [0, 0.05) is 18.0 Å². The van der Waals surface area contributed by atoms with Gasteiger partial charge in [0.2, 0.25) is 0 Å². The van der Waals surface area contributed by atoms with Crippen LogP contribution >= 0.6 is 22.9 Å². The highest BCUT2D eigenvalue weighted by molar-refractivity contribution is 7.09. The van der Waals surface area contributed by atoms with E-state index >= 15 is 0 Å². The van der Waals surface area contributed by atoms with Crippen molar-refractivity contribution in [2.45, 2.75) is 33.0 Å². The van der Waals surface area contributed by atoms with Crippen LogP contribution in [0.5, 0.6) is 5.75 Å². The van der Waals surface area contributed by atoms with Crippen molar-refractivity contribution in [2.75, 3.05) is 0 Å². The quantitative estimate of drug-likeness (QED) is 0.874. The number of nitrogens with one attached hydrogen (secondary N) is 1. The highest BCUT2D eigenvalue weighted by Gasteiger charge is 2.09. The number of hydrogen-bond acceptors (Lipinski definition) is 4. The summed E-state index contributed by atoms with van der Waals surface area (Å²) in [5.74, 6) is -0.390. The van der Waals surface area contributed by atoms with Crippen molar-refractivity contribution in [1.82, 2.24) is 10.3 Å². The summed E-state index contributed by atoms with van der Waals surface area (Å²) in [7, 11) is 0. The van der Waals surface area contributed by atoms with Crippen molar-refractivity contribution in [1.29, 1.82) is 0 Å². The number of nitrogens with zero attached hydrogens (tertiary/aromatic N) is 1. The Hall–Kier alpha value is -1.17. The Kier molecular flexibility index (Phi) is 5.34. The molecular formula is C14H16ClFN2OS. The molecule has 0 unspecified atom stereocenters. The van der Waals surface area contributed by atoms with Crippen LogP contribution in [0.1, 0.15) is 24.5 Å². The predicted octanol–water partition coefficient (Wildman–Crippen LogP) is 4.01. The van der Waals surface area contributed by atoms with E-state index in [0.717, 1.165) is 17.2 Å². The molecule has 1 aromatic heterocycles. The number of ether oxygens (including phenoxy) is 1. The van der Waals surface area contributed by atoms with Gasteiger partial charge in [-0.1, -0.05) is 31.5 Å². The lowest BCUT2D eigenvalue weighted by Crippen LogP contribution is -2.21. The van der Waals surface area contributed by atoms with Crippen LogP contribution in [0.15, 0.2) is 23.6 Å². The summed E-state index contributed by atoms with van der Waals surface area (Å²) in [6.45, 7) is 5.13. The topological polar surface area (TPSA) is 34.2 Å². The van der Waals surface area contributed by atoms with E-state index in [1.54, 1.807) is 23.5 Å². The molecule has 0 radical (unpaired) electrons. The Labute approximate surface area is 126 Å². The summed E-state index contributed by atoms with van der Waals surface area (Å²) < 4.78 is 19.0. The third kappa shape index (κ3) is 4.16. The highest BCUT2D eigenvalue weighted by Crippen LogP contribution is 2.25. The van der Waals surface area contributed by atoms with E-state index in [9.17, 15) is 4.39 Å². The van der Waals surface area contributed by atoms with Gasteiger partial charge in [0.05, 0.1) is 10.7 Å². The molecule has 2 rings (SSSR count). The van der Waals surface area contributed by atoms with Gasteiger partial charge < -0.3 is 10.1 Å². The molecule has 6 heteroatoms. The van der Waals surface area contributed by atoms with E-state index in [-0.39, 0.29) is 17.4 Å². The number of hydrogen-bond donors (Lipinski definition) is 1. The zero-order valence-corrected chi connectivity index (χ0v) is 12.9. The van der Waals surface area contributed by atoms with Crippen LogP contribution in [0.2, 0.25) is 5.02 Å². The molecule has 0 fully saturated rings. The molecule has 3 nitrogen and oxygen atoms in total. The third-order valence-corrected chi connectivity index (χ3v) is 3.74. The Morgan fingerprint density at radius 3 is 3.00 bits per heavy atom. The second-order valence-corrected chi connectivity index (χ2v) is 5.96. The number of rotatable bonds is 6. The van der Waals surface area contributed by atoms with Gasteiger partial charge in [0.25, 0.3) is 0 Å². The molecule has 1 aromatic carbocycles. The number of halogens is 2. The van der Waals surface area contributed by atoms with E-state index < -0.39 is 5.82 Å². The Bertz CT molecular complexity index is 574. The van der Waals surface area contributed by atoms with Crippen LogP contribution in [-0.2, 0) is 13.2 Å². The summed E-state index contributed by atoms with van der Waals surface area (Å²) in [6, 6.07) is 5.11. The van der Waals surface area contributed by atoms with E-state index in [1.807, 2.05) is 5.38 Å². The van der Waals surface area contributed by atoms with Gasteiger partial charge in [-0.3, -0.25) is 0 Å². The lowest BCUT2D eigenvalue weighted by Gasteiger charge is -2.06. The van der Waals surface area contributed by atoms with Crippen LogP contribution in [0, 0.1) is 5.82 Å². The minimum absolute atomic E-state index is 0.0580. The second kappa shape index (κ2) is 7.02. The monoisotopic (exact) mass is 314 g/mol. The van der Waals surface area contributed by atoms with Gasteiger partial charge in [0.1, 0.15) is 11.6 Å². The van der Waals surface area contributed by atoms with Crippen LogP contribution in [0.4, 0.5) is 4.39 Å². The molecule has 0 bridgehead atoms. The molecule has 1 heterocycles. The van der Waals surface area contributed by atoms with E-state index in [2.05, 4.69) is 24.1 Å². The minimum atomic E-state index is -0.536. The number of aromatic nitrogens is 1. The summed E-state index contributed by atoms with van der Waals surface area (Å²) in [5.41, 5.74) is 0.787. The Balaban J connectivity index is 1.92. The van der Waals surface area contributed by atoms with Gasteiger partial charge in [-0.2, -0.15) is 0 Å². The van der Waals surface area contributed by atoms with Crippen molar-refractivity contribution >= 4 is 22.9 Å². The number of thiazole rings is 1. The summed E-state index contributed by atoms with van der Waals surface area (Å²) in [4.78, 5) is 4.42. The summed E-state index contributed by atoms with van der Waals surface area (Å²) in [5, 5.41) is 6.26. The standard InChI is InChI=1S/C14H16ClFN2OS/c1-9(2)17-6-13-18-10(8-20-13)7-19-12-5-3-4-11(15)14(12)16/h3-5,8-9,17H,6-7H2,1-2H3. The fraction of sp³-hybridized carbons (Fsp3) is 0.357. The van der Waals surface area contributed by atoms with Crippen LogP contribution in [-0.4, -0.2) is 11.0 Å². The fourth-order valence-electron chi connectivity index (χ4n) is 1.54. The first-order valence-corrected chi connectivity index (χ1v) is 7.55. The minimum Gasteiger partial charge on any atom is -0.484 e. The average Bonchev–Trinajstić information content (AvgIpc) is 2.86. The lowest BCUT2D eigenvalue weighted by atomic mass is 10.3. The summed E-state index contributed by atoms with van der Waals surface area (Å²) in [6.07, 6.45) is 0. The van der Waals surface area contributed by atoms with Crippen molar-refractivity contribution in [3.63, 3.8) is 0 Å². The van der Waals surface area contributed by atoms with Crippen LogP contribution in [0.3, 0.4) is 0 Å². The normalized spacial score (nSPS) is 11.1. The van der Waals surface area contributed by atoms with E-state index in [0.29, 0.717) is 6.04 Å². The molecule has 1 N–H and O–H groups in total. The number of benzene rings is 1. The summed E-state index contributed by atoms with van der Waals surface area (Å²) >= 11 is 7.25. The first kappa shape index (κ1) is 15.2. The van der Waals surface area contributed by atoms with Crippen molar-refractivity contribution < 1.29 is 9.13 Å². The molecule has 0 atom stereocenters. The Morgan fingerprint density at radius 1 is 1.45 bits per heavy atom. The third-order valence-electron chi connectivity index (χ3n) is 2.55. The maximum atomic E-state index is 13.6. The molecule has 0 aliphatic rings. The molecule has 0 saturated heterocycles. The highest BCUT2D eigenvalue weighted by atomic mass is 35.5. The first-order valence-electron chi connectivity index (χ1n) is 6.29. The SMILES string of the molecule is CC(C)NCc1nc(COc2cccc(Cl)c2F)cs1. The van der Waals surface area contributed by atoms with Gasteiger partial charge in [0.15, 0.2) is 11.6 Å². The van der Waals surface area contributed by atoms with Gasteiger partial charge >= 0.3 is 0 Å². The zero-order chi connectivity index (χ0) is 14.5. The van der Waals surface area contributed by atoms with E-state index in [4.69, 9.17) is 16.3 Å². The maximum Gasteiger partial charge on any atom is 0.183 e. The lowest BCUT2D eigenvalue weighted by molar-refractivity contribution is 0.286. The molecule has 20 heavy (non-hydrogen) atoms. The largest absolute Gasteiger partial charge is 0.484 e. The molecule has 0 saturated carbocycles. The van der Waals surface area contributed by atoms with Crippen LogP contribution in [0.25, 0.3) is 0 Å². The maximum absolute atomic E-state index is 13.6. The molecular weight excluding hydrogens is 299 g/mol. The molecule has 0 aliphatic heterocycles. The first-order chi connectivity index (χ1) is 9.56. The van der Waals surface area contributed by atoms with Crippen molar-refractivity contribution in [3.05, 3.63) is 45.1 Å². The van der Waals surface area contributed by atoms with Crippen LogP contribution < -0.4 is 10.1 Å². The van der Waals surface area contributed by atoms with E-state index in [1.165, 1.54) is 6.07 Å². The second-order valence-electron chi connectivity index (χ2n) is 4.61. The predicted molar refractivity (Wildman–Crippen MR) is 79.8 cm³/mol. The average molecular weight is 315 g/mol. The molecule has 0 amide bonds. The Morgan fingerprint density at radius 2 is 2.25 bits per heavy atom. The van der Waals surface area contributed by atoms with Gasteiger partial charge in [-0.05, 0) is 12.1 Å².